The van der Waals surface area contributed by atoms with E-state index in [1.807, 2.05) is 45.9 Å². The van der Waals surface area contributed by atoms with Crippen molar-refractivity contribution in [2.24, 2.45) is 5.92 Å². The standard InChI is InChI=1S/C21H24N2O3/c1-26-18-8-5-15(6-9-18)7-10-20(24)22-12-16-11-17(14-22)19-3-2-4-21(25)23(19)13-16/h2-6,8-9,16-17H,7,10-14H2,1H3/t16-,17-/m0/s1. The van der Waals surface area contributed by atoms with Crippen molar-refractivity contribution in [3.8, 4) is 5.75 Å². The lowest BCUT2D eigenvalue weighted by Gasteiger charge is -2.42. The van der Waals surface area contributed by atoms with E-state index in [1.165, 1.54) is 0 Å². The summed E-state index contributed by atoms with van der Waals surface area (Å²) in [5.74, 6) is 1.70. The van der Waals surface area contributed by atoms with Crippen LogP contribution >= 0.6 is 0 Å². The summed E-state index contributed by atoms with van der Waals surface area (Å²) in [4.78, 5) is 26.8. The molecule has 2 atom stereocenters. The predicted molar refractivity (Wildman–Crippen MR) is 99.4 cm³/mol. The van der Waals surface area contributed by atoms with Crippen LogP contribution < -0.4 is 10.3 Å². The summed E-state index contributed by atoms with van der Waals surface area (Å²) in [5, 5.41) is 0. The molecule has 136 valence electrons. The molecule has 0 saturated carbocycles. The van der Waals surface area contributed by atoms with Gasteiger partial charge in [0.1, 0.15) is 5.75 Å². The number of likely N-dealkylation sites (tertiary alicyclic amines) is 1. The van der Waals surface area contributed by atoms with Crippen LogP contribution in [-0.4, -0.2) is 35.6 Å². The Labute approximate surface area is 153 Å². The van der Waals surface area contributed by atoms with E-state index in [4.69, 9.17) is 4.74 Å². The van der Waals surface area contributed by atoms with Crippen LogP contribution in [0.15, 0.2) is 47.3 Å². The summed E-state index contributed by atoms with van der Waals surface area (Å²) in [6.07, 6.45) is 2.34. The van der Waals surface area contributed by atoms with Crippen molar-refractivity contribution in [3.63, 3.8) is 0 Å². The summed E-state index contributed by atoms with van der Waals surface area (Å²) >= 11 is 0. The molecule has 1 amide bonds. The molecule has 5 heteroatoms. The zero-order valence-electron chi connectivity index (χ0n) is 15.1. The van der Waals surface area contributed by atoms with E-state index >= 15 is 0 Å². The third kappa shape index (κ3) is 3.26. The molecule has 0 N–H and O–H groups in total. The lowest BCUT2D eigenvalue weighted by molar-refractivity contribution is -0.133. The lowest BCUT2D eigenvalue weighted by Crippen LogP contribution is -2.49. The van der Waals surface area contributed by atoms with Crippen molar-refractivity contribution in [2.75, 3.05) is 20.2 Å². The lowest BCUT2D eigenvalue weighted by atomic mass is 9.83. The number of piperidine rings is 1. The molecule has 5 nitrogen and oxygen atoms in total. The highest BCUT2D eigenvalue weighted by molar-refractivity contribution is 5.76. The zero-order valence-corrected chi connectivity index (χ0v) is 15.1. The highest BCUT2D eigenvalue weighted by Gasteiger charge is 2.35. The van der Waals surface area contributed by atoms with Gasteiger partial charge < -0.3 is 14.2 Å². The topological polar surface area (TPSA) is 51.5 Å². The Morgan fingerprint density at radius 3 is 2.69 bits per heavy atom. The monoisotopic (exact) mass is 352 g/mol. The summed E-state index contributed by atoms with van der Waals surface area (Å²) < 4.78 is 7.07. The molecule has 1 aromatic heterocycles. The molecule has 1 saturated heterocycles. The van der Waals surface area contributed by atoms with Crippen molar-refractivity contribution in [3.05, 3.63) is 64.1 Å². The van der Waals surface area contributed by atoms with Crippen molar-refractivity contribution >= 4 is 5.91 Å². The van der Waals surface area contributed by atoms with Gasteiger partial charge in [0, 0.05) is 43.7 Å². The van der Waals surface area contributed by atoms with Crippen LogP contribution in [0.5, 0.6) is 5.75 Å². The number of hydrogen-bond donors (Lipinski definition) is 0. The Balaban J connectivity index is 1.41. The molecular formula is C21H24N2O3. The van der Waals surface area contributed by atoms with Crippen LogP contribution in [0.1, 0.15) is 30.0 Å². The Morgan fingerprint density at radius 1 is 1.12 bits per heavy atom. The van der Waals surface area contributed by atoms with Crippen molar-refractivity contribution < 1.29 is 9.53 Å². The summed E-state index contributed by atoms with van der Waals surface area (Å²) in [6.45, 7) is 2.22. The van der Waals surface area contributed by atoms with Gasteiger partial charge in [-0.2, -0.15) is 0 Å². The number of rotatable bonds is 4. The quantitative estimate of drug-likeness (QED) is 0.849. The number of methoxy groups -OCH3 is 1. The Morgan fingerprint density at radius 2 is 1.92 bits per heavy atom. The number of nitrogens with zero attached hydrogens (tertiary/aromatic N) is 2. The third-order valence-corrected chi connectivity index (χ3v) is 5.62. The van der Waals surface area contributed by atoms with Crippen LogP contribution in [0.25, 0.3) is 0 Å². The largest absolute Gasteiger partial charge is 0.497 e. The number of ether oxygens (including phenoxy) is 1. The van der Waals surface area contributed by atoms with Gasteiger partial charge in [0.25, 0.3) is 5.56 Å². The van der Waals surface area contributed by atoms with E-state index in [0.717, 1.165) is 49.5 Å². The highest BCUT2D eigenvalue weighted by Crippen LogP contribution is 2.35. The van der Waals surface area contributed by atoms with Crippen molar-refractivity contribution in [2.45, 2.75) is 31.7 Å². The second-order valence-electron chi connectivity index (χ2n) is 7.34. The number of pyridine rings is 1. The van der Waals surface area contributed by atoms with Gasteiger partial charge in [-0.1, -0.05) is 18.2 Å². The molecule has 0 aliphatic carbocycles. The number of amides is 1. The van der Waals surface area contributed by atoms with Gasteiger partial charge in [-0.25, -0.2) is 0 Å². The Bertz CT molecular complexity index is 856. The minimum Gasteiger partial charge on any atom is -0.497 e. The average Bonchev–Trinajstić information content (AvgIpc) is 2.67. The second kappa shape index (κ2) is 6.98. The number of aromatic nitrogens is 1. The minimum absolute atomic E-state index is 0.0801. The smallest absolute Gasteiger partial charge is 0.250 e. The van der Waals surface area contributed by atoms with Gasteiger partial charge >= 0.3 is 0 Å². The molecule has 26 heavy (non-hydrogen) atoms. The molecule has 0 radical (unpaired) electrons. The fourth-order valence-corrected chi connectivity index (χ4v) is 4.30. The van der Waals surface area contributed by atoms with Crippen LogP contribution in [-0.2, 0) is 17.8 Å². The number of fused-ring (bicyclic) bond motifs is 4. The molecule has 1 aromatic carbocycles. The van der Waals surface area contributed by atoms with Crippen LogP contribution in [0.3, 0.4) is 0 Å². The fraction of sp³-hybridized carbons (Fsp3) is 0.429. The third-order valence-electron chi connectivity index (χ3n) is 5.62. The van der Waals surface area contributed by atoms with Gasteiger partial charge in [0.05, 0.1) is 7.11 Å². The summed E-state index contributed by atoms with van der Waals surface area (Å²) in [6, 6.07) is 13.4. The molecule has 0 spiro atoms. The molecular weight excluding hydrogens is 328 g/mol. The first-order valence-corrected chi connectivity index (χ1v) is 9.24. The molecule has 3 heterocycles. The maximum Gasteiger partial charge on any atom is 0.250 e. The van der Waals surface area contributed by atoms with Gasteiger partial charge in [0.15, 0.2) is 0 Å². The Hall–Kier alpha value is -2.56. The van der Waals surface area contributed by atoms with E-state index in [9.17, 15) is 9.59 Å². The number of aryl methyl sites for hydroxylation is 1. The van der Waals surface area contributed by atoms with Crippen LogP contribution in [0, 0.1) is 5.92 Å². The van der Waals surface area contributed by atoms with E-state index in [0.29, 0.717) is 12.3 Å². The average molecular weight is 352 g/mol. The van der Waals surface area contributed by atoms with E-state index in [1.54, 1.807) is 13.2 Å². The molecule has 2 aromatic rings. The van der Waals surface area contributed by atoms with Gasteiger partial charge in [-0.3, -0.25) is 9.59 Å². The number of benzene rings is 1. The number of carbonyl (C=O) groups excluding carboxylic acids is 1. The molecule has 2 bridgehead atoms. The molecule has 0 unspecified atom stereocenters. The summed E-state index contributed by atoms with van der Waals surface area (Å²) in [5.41, 5.74) is 2.31. The van der Waals surface area contributed by atoms with Gasteiger partial charge in [-0.15, -0.1) is 0 Å². The zero-order chi connectivity index (χ0) is 18.1. The SMILES string of the molecule is COc1ccc(CCC(=O)N2C[C@@H]3C[C@@H](C2)c2cccc(=O)n2C3)cc1. The van der Waals surface area contributed by atoms with Crippen LogP contribution in [0.4, 0.5) is 0 Å². The number of carbonyl (C=O) groups is 1. The minimum atomic E-state index is 0.0801. The van der Waals surface area contributed by atoms with Gasteiger partial charge in [-0.05, 0) is 42.5 Å². The normalized spacial score (nSPS) is 21.2. The predicted octanol–water partition coefficient (Wildman–Crippen LogP) is 2.44. The van der Waals surface area contributed by atoms with E-state index < -0.39 is 0 Å². The molecule has 1 fully saturated rings. The van der Waals surface area contributed by atoms with E-state index in [2.05, 4.69) is 0 Å². The highest BCUT2D eigenvalue weighted by atomic mass is 16.5. The first-order chi connectivity index (χ1) is 12.6. The maximum absolute atomic E-state index is 12.7. The van der Waals surface area contributed by atoms with Crippen molar-refractivity contribution in [1.82, 2.24) is 9.47 Å². The first kappa shape index (κ1) is 16.9. The number of hydrogen-bond acceptors (Lipinski definition) is 3. The second-order valence-corrected chi connectivity index (χ2v) is 7.34. The summed E-state index contributed by atoms with van der Waals surface area (Å²) in [7, 11) is 1.65. The Kier molecular flexibility index (Phi) is 4.53. The maximum atomic E-state index is 12.7. The molecule has 2 aliphatic rings. The fourth-order valence-electron chi connectivity index (χ4n) is 4.30. The molecule has 4 rings (SSSR count). The van der Waals surface area contributed by atoms with Crippen molar-refractivity contribution in [1.29, 1.82) is 0 Å². The first-order valence-electron chi connectivity index (χ1n) is 9.24. The van der Waals surface area contributed by atoms with E-state index in [-0.39, 0.29) is 17.4 Å². The van der Waals surface area contributed by atoms with Gasteiger partial charge in [0.2, 0.25) is 5.91 Å². The molecule has 2 aliphatic heterocycles. The van der Waals surface area contributed by atoms with Crippen LogP contribution in [0.2, 0.25) is 0 Å².